The Kier molecular flexibility index (Phi) is 7.03. The van der Waals surface area contributed by atoms with Crippen molar-refractivity contribution >= 4 is 18.0 Å². The minimum absolute atomic E-state index is 0.0325. The van der Waals surface area contributed by atoms with Crippen molar-refractivity contribution in [1.82, 2.24) is 5.32 Å². The normalized spacial score (nSPS) is 16.3. The Morgan fingerprint density at radius 1 is 0.968 bits per heavy atom. The Labute approximate surface area is 180 Å². The van der Waals surface area contributed by atoms with Gasteiger partial charge in [-0.05, 0) is 31.6 Å². The molecule has 0 aliphatic carbocycles. The number of ether oxygens (including phenoxy) is 2. The van der Waals surface area contributed by atoms with Gasteiger partial charge in [-0.15, -0.1) is 0 Å². The van der Waals surface area contributed by atoms with Crippen LogP contribution in [-0.2, 0) is 19.1 Å². The molecule has 2 aromatic carbocycles. The minimum Gasteiger partial charge on any atom is -0.466 e. The Bertz CT molecular complexity index is 1070. The molecule has 1 aliphatic rings. The Morgan fingerprint density at radius 3 is 2.23 bits per heavy atom. The maximum atomic E-state index is 14.7. The van der Waals surface area contributed by atoms with E-state index in [1.54, 1.807) is 38.1 Å². The molecule has 5 nitrogen and oxygen atoms in total. The molecular formula is C25H24FNO4. The predicted octanol–water partition coefficient (Wildman–Crippen LogP) is 4.49. The molecule has 0 amide bonds. The molecule has 0 bridgehead atoms. The van der Waals surface area contributed by atoms with Crippen molar-refractivity contribution in [2.45, 2.75) is 19.8 Å². The van der Waals surface area contributed by atoms with Gasteiger partial charge in [0.25, 0.3) is 0 Å². The molecular weight excluding hydrogens is 397 g/mol. The van der Waals surface area contributed by atoms with E-state index in [1.807, 2.05) is 36.4 Å². The number of nitrogens with one attached hydrogen (secondary N) is 1. The van der Waals surface area contributed by atoms with E-state index in [0.717, 1.165) is 5.56 Å². The standard InChI is InChI=1S/C25H24FNO4/c1-16-21(24(28)30-3)23(19-13-7-8-14-20(19)26)22(17(2)27-16)25(29)31-15-9-12-18-10-5-4-6-11-18/h4-14,23,27H,15H2,1-3H3. The largest absolute Gasteiger partial charge is 0.466 e. The third-order valence-corrected chi connectivity index (χ3v) is 5.02. The number of benzene rings is 2. The molecule has 2 aromatic rings. The Balaban J connectivity index is 1.91. The van der Waals surface area contributed by atoms with Crippen LogP contribution in [0.15, 0.2) is 83.2 Å². The van der Waals surface area contributed by atoms with Crippen molar-refractivity contribution in [2.75, 3.05) is 13.7 Å². The summed E-state index contributed by atoms with van der Waals surface area (Å²) >= 11 is 0. The number of hydrogen-bond acceptors (Lipinski definition) is 5. The first kappa shape index (κ1) is 22.0. The fourth-order valence-corrected chi connectivity index (χ4v) is 3.62. The van der Waals surface area contributed by atoms with Crippen molar-refractivity contribution in [2.24, 2.45) is 0 Å². The number of carbonyl (C=O) groups is 2. The van der Waals surface area contributed by atoms with E-state index >= 15 is 0 Å². The van der Waals surface area contributed by atoms with E-state index in [2.05, 4.69) is 5.32 Å². The molecule has 31 heavy (non-hydrogen) atoms. The lowest BCUT2D eigenvalue weighted by molar-refractivity contribution is -0.138. The number of esters is 2. The monoisotopic (exact) mass is 421 g/mol. The lowest BCUT2D eigenvalue weighted by Gasteiger charge is -2.30. The molecule has 160 valence electrons. The molecule has 0 spiro atoms. The van der Waals surface area contributed by atoms with Crippen molar-refractivity contribution in [3.63, 3.8) is 0 Å². The van der Waals surface area contributed by atoms with Crippen LogP contribution in [0.4, 0.5) is 4.39 Å². The minimum atomic E-state index is -0.944. The summed E-state index contributed by atoms with van der Waals surface area (Å²) in [7, 11) is 1.25. The fraction of sp³-hybridized carbons (Fsp3) is 0.200. The second kappa shape index (κ2) is 9.89. The van der Waals surface area contributed by atoms with E-state index in [9.17, 15) is 14.0 Å². The number of methoxy groups -OCH3 is 1. The highest BCUT2D eigenvalue weighted by Crippen LogP contribution is 2.40. The molecule has 3 rings (SSSR count). The summed E-state index contributed by atoms with van der Waals surface area (Å²) < 4.78 is 25.1. The highest BCUT2D eigenvalue weighted by molar-refractivity contribution is 5.99. The van der Waals surface area contributed by atoms with E-state index in [0.29, 0.717) is 11.4 Å². The molecule has 1 atom stereocenters. The first-order valence-corrected chi connectivity index (χ1v) is 9.84. The molecule has 1 aliphatic heterocycles. The second-order valence-corrected chi connectivity index (χ2v) is 7.06. The maximum absolute atomic E-state index is 14.7. The van der Waals surface area contributed by atoms with Crippen molar-refractivity contribution < 1.29 is 23.5 Å². The predicted molar refractivity (Wildman–Crippen MR) is 116 cm³/mol. The van der Waals surface area contributed by atoms with E-state index in [-0.39, 0.29) is 23.3 Å². The maximum Gasteiger partial charge on any atom is 0.337 e. The van der Waals surface area contributed by atoms with Crippen molar-refractivity contribution in [1.29, 1.82) is 0 Å². The van der Waals surface area contributed by atoms with Gasteiger partial charge in [-0.25, -0.2) is 14.0 Å². The number of halogens is 1. The van der Waals surface area contributed by atoms with Gasteiger partial charge in [0.1, 0.15) is 12.4 Å². The number of carbonyl (C=O) groups excluding carboxylic acids is 2. The summed E-state index contributed by atoms with van der Waals surface area (Å²) in [4.78, 5) is 25.6. The van der Waals surface area contributed by atoms with Gasteiger partial charge in [-0.2, -0.15) is 0 Å². The third-order valence-electron chi connectivity index (χ3n) is 5.02. The molecule has 0 radical (unpaired) electrons. The average molecular weight is 421 g/mol. The molecule has 0 aromatic heterocycles. The highest BCUT2D eigenvalue weighted by Gasteiger charge is 2.38. The first-order chi connectivity index (χ1) is 14.9. The molecule has 0 saturated heterocycles. The Hall–Kier alpha value is -3.67. The van der Waals surface area contributed by atoms with Gasteiger partial charge < -0.3 is 14.8 Å². The quantitative estimate of drug-likeness (QED) is 0.697. The van der Waals surface area contributed by atoms with Gasteiger partial charge in [0.2, 0.25) is 0 Å². The SMILES string of the molecule is COC(=O)C1=C(C)NC(C)=C(C(=O)OCC=Cc2ccccc2)C1c1ccccc1F. The van der Waals surface area contributed by atoms with Crippen LogP contribution in [0, 0.1) is 5.82 Å². The van der Waals surface area contributed by atoms with Gasteiger partial charge >= 0.3 is 11.9 Å². The van der Waals surface area contributed by atoms with Gasteiger partial charge in [-0.1, -0.05) is 54.6 Å². The van der Waals surface area contributed by atoms with Crippen LogP contribution in [0.25, 0.3) is 6.08 Å². The molecule has 1 heterocycles. The summed E-state index contributed by atoms with van der Waals surface area (Å²) in [6.45, 7) is 3.42. The molecule has 1 unspecified atom stereocenters. The number of dihydropyridines is 1. The topological polar surface area (TPSA) is 64.6 Å². The second-order valence-electron chi connectivity index (χ2n) is 7.06. The van der Waals surface area contributed by atoms with Gasteiger partial charge in [0, 0.05) is 17.0 Å². The first-order valence-electron chi connectivity index (χ1n) is 9.84. The van der Waals surface area contributed by atoms with E-state index < -0.39 is 23.7 Å². The van der Waals surface area contributed by atoms with Gasteiger partial charge in [-0.3, -0.25) is 0 Å². The van der Waals surface area contributed by atoms with E-state index in [4.69, 9.17) is 9.47 Å². The average Bonchev–Trinajstić information content (AvgIpc) is 2.76. The lowest BCUT2D eigenvalue weighted by Crippen LogP contribution is -2.32. The van der Waals surface area contributed by atoms with Gasteiger partial charge in [0.05, 0.1) is 24.2 Å². The fourth-order valence-electron chi connectivity index (χ4n) is 3.62. The van der Waals surface area contributed by atoms with Crippen molar-refractivity contribution in [3.8, 4) is 0 Å². The lowest BCUT2D eigenvalue weighted by atomic mass is 9.80. The molecule has 0 fully saturated rings. The van der Waals surface area contributed by atoms with Gasteiger partial charge in [0.15, 0.2) is 0 Å². The summed E-state index contributed by atoms with van der Waals surface area (Å²) in [5.41, 5.74) is 2.52. The summed E-state index contributed by atoms with van der Waals surface area (Å²) in [5.74, 6) is -2.74. The van der Waals surface area contributed by atoms with Crippen LogP contribution in [0.2, 0.25) is 0 Å². The van der Waals surface area contributed by atoms with Crippen LogP contribution >= 0.6 is 0 Å². The smallest absolute Gasteiger partial charge is 0.337 e. The molecule has 1 N–H and O–H groups in total. The van der Waals surface area contributed by atoms with Crippen LogP contribution in [0.1, 0.15) is 30.9 Å². The van der Waals surface area contributed by atoms with Crippen LogP contribution in [0.5, 0.6) is 0 Å². The number of allylic oxidation sites excluding steroid dienone is 2. The zero-order valence-electron chi connectivity index (χ0n) is 17.6. The van der Waals surface area contributed by atoms with Crippen LogP contribution in [-0.4, -0.2) is 25.7 Å². The number of rotatable bonds is 6. The summed E-state index contributed by atoms with van der Waals surface area (Å²) in [5, 5.41) is 3.03. The zero-order chi connectivity index (χ0) is 22.4. The van der Waals surface area contributed by atoms with E-state index in [1.165, 1.54) is 13.2 Å². The summed E-state index contributed by atoms with van der Waals surface area (Å²) in [6, 6.07) is 15.7. The third kappa shape index (κ3) is 4.91. The Morgan fingerprint density at radius 2 is 1.58 bits per heavy atom. The highest BCUT2D eigenvalue weighted by atomic mass is 19.1. The summed E-state index contributed by atoms with van der Waals surface area (Å²) in [6.07, 6.45) is 3.56. The number of hydrogen-bond donors (Lipinski definition) is 1. The van der Waals surface area contributed by atoms with Crippen LogP contribution in [0.3, 0.4) is 0 Å². The van der Waals surface area contributed by atoms with Crippen molar-refractivity contribution in [3.05, 3.63) is 100 Å². The molecule has 0 saturated carbocycles. The molecule has 6 heteroatoms. The van der Waals surface area contributed by atoms with Crippen LogP contribution < -0.4 is 5.32 Å². The zero-order valence-corrected chi connectivity index (χ0v) is 17.6.